The molecule has 0 aromatic carbocycles. The van der Waals surface area contributed by atoms with E-state index in [0.717, 1.165) is 12.8 Å². The summed E-state index contributed by atoms with van der Waals surface area (Å²) in [5.41, 5.74) is 5.51. The van der Waals surface area contributed by atoms with E-state index in [-0.39, 0.29) is 0 Å². The largest absolute Gasteiger partial charge is 0.351 e. The van der Waals surface area contributed by atoms with E-state index < -0.39 is 5.67 Å². The fraction of sp³-hybridized carbons (Fsp3) is 0.636. The molecule has 0 unspecified atom stereocenters. The Kier molecular flexibility index (Phi) is 3.69. The molecule has 80 valence electrons. The molecular weight excluding hydrogens is 179 g/mol. The quantitative estimate of drug-likeness (QED) is 0.772. The number of nitrogens with two attached hydrogens (primary N) is 1. The van der Waals surface area contributed by atoms with Crippen LogP contribution in [0.3, 0.4) is 0 Å². The van der Waals surface area contributed by atoms with Crippen LogP contribution in [0.15, 0.2) is 18.5 Å². The highest BCUT2D eigenvalue weighted by molar-refractivity contribution is 5.10. The van der Waals surface area contributed by atoms with Gasteiger partial charge in [0.15, 0.2) is 0 Å². The summed E-state index contributed by atoms with van der Waals surface area (Å²) in [4.78, 5) is 0. The Bertz CT molecular complexity index is 273. The van der Waals surface area contributed by atoms with Gasteiger partial charge in [-0.25, -0.2) is 4.39 Å². The molecule has 1 heterocycles. The predicted molar refractivity (Wildman–Crippen MR) is 57.0 cm³/mol. The Labute approximate surface area is 84.9 Å². The second-order valence-electron chi connectivity index (χ2n) is 4.30. The van der Waals surface area contributed by atoms with E-state index in [1.54, 1.807) is 13.8 Å². The van der Waals surface area contributed by atoms with Crippen molar-refractivity contribution in [2.45, 2.75) is 38.9 Å². The molecule has 0 bridgehead atoms. The first-order chi connectivity index (χ1) is 6.51. The van der Waals surface area contributed by atoms with Crippen LogP contribution in [0.4, 0.5) is 4.39 Å². The summed E-state index contributed by atoms with van der Waals surface area (Å²) in [5, 5.41) is 0. The number of rotatable bonds is 5. The number of halogens is 1. The number of aryl methyl sites for hydroxylation is 1. The normalized spacial score (nSPS) is 12.0. The Balaban J connectivity index is 2.51. The minimum atomic E-state index is -1.15. The molecule has 14 heavy (non-hydrogen) atoms. The molecule has 0 aliphatic rings. The summed E-state index contributed by atoms with van der Waals surface area (Å²) in [6.07, 6.45) is 5.89. The highest BCUT2D eigenvalue weighted by Gasteiger charge is 2.15. The molecule has 2 N–H and O–H groups in total. The van der Waals surface area contributed by atoms with E-state index in [0.29, 0.717) is 13.1 Å². The van der Waals surface area contributed by atoms with Gasteiger partial charge in [-0.1, -0.05) is 0 Å². The van der Waals surface area contributed by atoms with Crippen LogP contribution in [0, 0.1) is 0 Å². The number of hydrogen-bond acceptors (Lipinski definition) is 1. The second-order valence-corrected chi connectivity index (χ2v) is 4.30. The molecule has 0 amide bonds. The van der Waals surface area contributed by atoms with Gasteiger partial charge in [-0.05, 0) is 44.9 Å². The van der Waals surface area contributed by atoms with Gasteiger partial charge in [-0.3, -0.25) is 0 Å². The molecule has 0 radical (unpaired) electrons. The average Bonchev–Trinajstić information content (AvgIpc) is 2.46. The van der Waals surface area contributed by atoms with Crippen LogP contribution in [0.25, 0.3) is 0 Å². The molecule has 0 spiro atoms. The molecule has 0 atom stereocenters. The lowest BCUT2D eigenvalue weighted by molar-refractivity contribution is 0.186. The Morgan fingerprint density at radius 2 is 2.21 bits per heavy atom. The van der Waals surface area contributed by atoms with Gasteiger partial charge in [0.1, 0.15) is 5.67 Å². The van der Waals surface area contributed by atoms with Crippen molar-refractivity contribution in [2.24, 2.45) is 5.73 Å². The highest BCUT2D eigenvalue weighted by Crippen LogP contribution is 2.13. The molecule has 0 aliphatic carbocycles. The average molecular weight is 198 g/mol. The van der Waals surface area contributed by atoms with Crippen LogP contribution in [0.5, 0.6) is 0 Å². The van der Waals surface area contributed by atoms with Crippen LogP contribution in [-0.2, 0) is 13.0 Å². The SMILES string of the molecule is CC(C)(F)Cn1ccc(CCCN)c1. The lowest BCUT2D eigenvalue weighted by atomic mass is 10.2. The Morgan fingerprint density at radius 3 is 2.79 bits per heavy atom. The van der Waals surface area contributed by atoms with Gasteiger partial charge in [-0.2, -0.15) is 0 Å². The maximum Gasteiger partial charge on any atom is 0.123 e. The number of nitrogens with zero attached hydrogens (tertiary/aromatic N) is 1. The van der Waals surface area contributed by atoms with E-state index in [1.807, 2.05) is 23.0 Å². The summed E-state index contributed by atoms with van der Waals surface area (Å²) in [6, 6.07) is 2.03. The molecule has 0 aliphatic heterocycles. The van der Waals surface area contributed by atoms with E-state index in [2.05, 4.69) is 0 Å². The van der Waals surface area contributed by atoms with E-state index in [9.17, 15) is 4.39 Å². The van der Waals surface area contributed by atoms with Crippen LogP contribution in [-0.4, -0.2) is 16.8 Å². The molecule has 1 aromatic heterocycles. The highest BCUT2D eigenvalue weighted by atomic mass is 19.1. The van der Waals surface area contributed by atoms with Crippen LogP contribution in [0.1, 0.15) is 25.8 Å². The third kappa shape index (κ3) is 3.92. The molecule has 3 heteroatoms. The lowest BCUT2D eigenvalue weighted by Gasteiger charge is -2.14. The fourth-order valence-electron chi connectivity index (χ4n) is 1.48. The molecular formula is C11H19FN2. The Morgan fingerprint density at radius 1 is 1.50 bits per heavy atom. The van der Waals surface area contributed by atoms with Gasteiger partial charge in [0.25, 0.3) is 0 Å². The van der Waals surface area contributed by atoms with Gasteiger partial charge >= 0.3 is 0 Å². The van der Waals surface area contributed by atoms with Crippen LogP contribution < -0.4 is 5.73 Å². The first-order valence-electron chi connectivity index (χ1n) is 5.05. The van der Waals surface area contributed by atoms with E-state index in [4.69, 9.17) is 5.73 Å². The summed E-state index contributed by atoms with van der Waals surface area (Å²) >= 11 is 0. The molecule has 1 rings (SSSR count). The zero-order valence-corrected chi connectivity index (χ0v) is 8.96. The number of hydrogen-bond donors (Lipinski definition) is 1. The molecule has 1 aromatic rings. The zero-order valence-electron chi connectivity index (χ0n) is 8.96. The van der Waals surface area contributed by atoms with E-state index >= 15 is 0 Å². The first kappa shape index (κ1) is 11.2. The Hall–Kier alpha value is -0.830. The minimum absolute atomic E-state index is 0.412. The smallest absolute Gasteiger partial charge is 0.123 e. The van der Waals surface area contributed by atoms with Gasteiger partial charge in [-0.15, -0.1) is 0 Å². The van der Waals surface area contributed by atoms with Crippen molar-refractivity contribution in [3.63, 3.8) is 0 Å². The van der Waals surface area contributed by atoms with Crippen molar-refractivity contribution >= 4 is 0 Å². The van der Waals surface area contributed by atoms with Crippen molar-refractivity contribution in [1.29, 1.82) is 0 Å². The molecule has 0 fully saturated rings. The molecule has 0 saturated carbocycles. The zero-order chi connectivity index (χ0) is 10.6. The molecule has 2 nitrogen and oxygen atoms in total. The van der Waals surface area contributed by atoms with Crippen molar-refractivity contribution in [3.8, 4) is 0 Å². The monoisotopic (exact) mass is 198 g/mol. The summed E-state index contributed by atoms with van der Waals surface area (Å²) in [5.74, 6) is 0. The maximum atomic E-state index is 13.3. The number of alkyl halides is 1. The van der Waals surface area contributed by atoms with Gasteiger partial charge in [0, 0.05) is 12.4 Å². The first-order valence-corrected chi connectivity index (χ1v) is 5.05. The van der Waals surface area contributed by atoms with Crippen LogP contribution >= 0.6 is 0 Å². The van der Waals surface area contributed by atoms with E-state index in [1.165, 1.54) is 5.56 Å². The fourth-order valence-corrected chi connectivity index (χ4v) is 1.48. The number of aromatic nitrogens is 1. The van der Waals surface area contributed by atoms with Crippen LogP contribution in [0.2, 0.25) is 0 Å². The molecule has 0 saturated heterocycles. The third-order valence-electron chi connectivity index (χ3n) is 2.04. The predicted octanol–water partition coefficient (Wildman–Crippen LogP) is 2.13. The summed E-state index contributed by atoms with van der Waals surface area (Å²) < 4.78 is 15.2. The van der Waals surface area contributed by atoms with Crippen molar-refractivity contribution in [3.05, 3.63) is 24.0 Å². The standard InChI is InChI=1S/C11H19FN2/c1-11(2,12)9-14-7-5-10(8-14)4-3-6-13/h5,7-8H,3-4,6,9,13H2,1-2H3. The summed E-state index contributed by atoms with van der Waals surface area (Å²) in [6.45, 7) is 4.30. The van der Waals surface area contributed by atoms with Gasteiger partial charge < -0.3 is 10.3 Å². The maximum absolute atomic E-state index is 13.3. The summed E-state index contributed by atoms with van der Waals surface area (Å²) in [7, 11) is 0. The van der Waals surface area contributed by atoms with Crippen molar-refractivity contribution in [2.75, 3.05) is 6.54 Å². The van der Waals surface area contributed by atoms with Gasteiger partial charge in [0.05, 0.1) is 6.54 Å². The lowest BCUT2D eigenvalue weighted by Crippen LogP contribution is -2.19. The minimum Gasteiger partial charge on any atom is -0.351 e. The van der Waals surface area contributed by atoms with Crippen molar-refractivity contribution in [1.82, 2.24) is 4.57 Å². The van der Waals surface area contributed by atoms with Crippen molar-refractivity contribution < 1.29 is 4.39 Å². The second kappa shape index (κ2) is 4.60. The van der Waals surface area contributed by atoms with Gasteiger partial charge in [0.2, 0.25) is 0 Å². The third-order valence-corrected chi connectivity index (χ3v) is 2.04. The topological polar surface area (TPSA) is 30.9 Å².